The molecule has 0 radical (unpaired) electrons. The second-order valence-corrected chi connectivity index (χ2v) is 5.93. The minimum atomic E-state index is 0.227. The van der Waals surface area contributed by atoms with Gasteiger partial charge in [-0.2, -0.15) is 0 Å². The Labute approximate surface area is 124 Å². The number of hydrogen-bond donors (Lipinski definition) is 2. The normalized spacial score (nSPS) is 12.9. The van der Waals surface area contributed by atoms with Crippen LogP contribution < -0.4 is 11.1 Å². The van der Waals surface area contributed by atoms with Crippen molar-refractivity contribution in [2.24, 2.45) is 11.7 Å². The number of rotatable bonds is 9. The van der Waals surface area contributed by atoms with E-state index in [1.54, 1.807) is 0 Å². The number of nitrogens with two attached hydrogens (primary N) is 1. The van der Waals surface area contributed by atoms with E-state index in [4.69, 9.17) is 5.73 Å². The number of nitrogens with one attached hydrogen (secondary N) is 1. The van der Waals surface area contributed by atoms with Crippen LogP contribution >= 0.6 is 0 Å². The molecule has 0 aromatic heterocycles. The highest BCUT2D eigenvalue weighted by molar-refractivity contribution is 5.44. The van der Waals surface area contributed by atoms with Crippen molar-refractivity contribution in [3.05, 3.63) is 29.8 Å². The van der Waals surface area contributed by atoms with E-state index in [0.717, 1.165) is 38.3 Å². The summed E-state index contributed by atoms with van der Waals surface area (Å²) in [4.78, 5) is 2.42. The van der Waals surface area contributed by atoms with Gasteiger partial charge in [0.15, 0.2) is 0 Å². The highest BCUT2D eigenvalue weighted by atomic mass is 15.1. The molecule has 0 fully saturated rings. The Hall–Kier alpha value is -1.06. The first-order valence-corrected chi connectivity index (χ1v) is 7.85. The molecule has 1 rings (SSSR count). The van der Waals surface area contributed by atoms with Crippen LogP contribution in [0.5, 0.6) is 0 Å². The van der Waals surface area contributed by atoms with Gasteiger partial charge < -0.3 is 11.1 Å². The minimum absolute atomic E-state index is 0.227. The summed E-state index contributed by atoms with van der Waals surface area (Å²) < 4.78 is 0. The lowest BCUT2D eigenvalue weighted by molar-refractivity contribution is 0.296. The van der Waals surface area contributed by atoms with Gasteiger partial charge in [0.1, 0.15) is 0 Å². The van der Waals surface area contributed by atoms with Crippen LogP contribution in [0, 0.1) is 5.92 Å². The largest absolute Gasteiger partial charge is 0.383 e. The highest BCUT2D eigenvalue weighted by Crippen LogP contribution is 2.12. The zero-order chi connectivity index (χ0) is 15.0. The second-order valence-electron chi connectivity index (χ2n) is 5.93. The van der Waals surface area contributed by atoms with E-state index in [-0.39, 0.29) is 6.04 Å². The van der Waals surface area contributed by atoms with E-state index in [0.29, 0.717) is 5.92 Å². The number of anilines is 1. The Balaban J connectivity index is 2.42. The molecule has 0 aliphatic heterocycles. The predicted octanol–water partition coefficient (Wildman–Crippen LogP) is 3.31. The summed E-state index contributed by atoms with van der Waals surface area (Å²) in [6, 6.07) is 8.94. The third-order valence-electron chi connectivity index (χ3n) is 3.60. The Kier molecular flexibility index (Phi) is 7.63. The van der Waals surface area contributed by atoms with E-state index < -0.39 is 0 Å². The first kappa shape index (κ1) is 17.0. The maximum Gasteiger partial charge on any atom is 0.0340 e. The Bertz CT molecular complexity index is 355. The number of hydrogen-bond acceptors (Lipinski definition) is 3. The first-order valence-electron chi connectivity index (χ1n) is 7.85. The molecule has 0 amide bonds. The molecule has 0 saturated heterocycles. The van der Waals surface area contributed by atoms with Gasteiger partial charge in [-0.05, 0) is 43.1 Å². The molecule has 1 aromatic rings. The second kappa shape index (κ2) is 8.98. The van der Waals surface area contributed by atoms with E-state index >= 15 is 0 Å². The van der Waals surface area contributed by atoms with Crippen LogP contribution in [0.25, 0.3) is 0 Å². The zero-order valence-electron chi connectivity index (χ0n) is 13.5. The zero-order valence-corrected chi connectivity index (χ0v) is 13.5. The van der Waals surface area contributed by atoms with Crippen molar-refractivity contribution >= 4 is 5.69 Å². The summed E-state index contributed by atoms with van der Waals surface area (Å²) >= 11 is 0. The van der Waals surface area contributed by atoms with Gasteiger partial charge in [-0.1, -0.05) is 39.8 Å². The summed E-state index contributed by atoms with van der Waals surface area (Å²) in [5.74, 6) is 0.656. The third-order valence-corrected chi connectivity index (χ3v) is 3.60. The molecule has 1 unspecified atom stereocenters. The lowest BCUT2D eigenvalue weighted by Gasteiger charge is -2.18. The summed E-state index contributed by atoms with van der Waals surface area (Å²) in [5, 5.41) is 3.42. The van der Waals surface area contributed by atoms with Gasteiger partial charge >= 0.3 is 0 Å². The maximum absolute atomic E-state index is 6.09. The average molecular weight is 277 g/mol. The number of nitrogens with zero attached hydrogens (tertiary/aromatic N) is 1. The van der Waals surface area contributed by atoms with Crippen molar-refractivity contribution in [2.45, 2.75) is 46.7 Å². The Morgan fingerprint density at radius 2 is 1.70 bits per heavy atom. The van der Waals surface area contributed by atoms with Crippen LogP contribution in [0.1, 0.15) is 39.7 Å². The van der Waals surface area contributed by atoms with Crippen LogP contribution in [-0.4, -0.2) is 30.6 Å². The SMILES string of the molecule is CCN(CC)Cc1ccc(NCC(N)CC(C)C)cc1. The molecule has 3 heteroatoms. The van der Waals surface area contributed by atoms with Crippen LogP contribution in [0.3, 0.4) is 0 Å². The van der Waals surface area contributed by atoms with Gasteiger partial charge in [-0.3, -0.25) is 4.90 Å². The van der Waals surface area contributed by atoms with Crippen molar-refractivity contribution in [2.75, 3.05) is 25.0 Å². The smallest absolute Gasteiger partial charge is 0.0340 e. The first-order chi connectivity index (χ1) is 9.55. The molecular weight excluding hydrogens is 246 g/mol. The van der Waals surface area contributed by atoms with Gasteiger partial charge in [-0.25, -0.2) is 0 Å². The topological polar surface area (TPSA) is 41.3 Å². The van der Waals surface area contributed by atoms with Crippen molar-refractivity contribution in [3.8, 4) is 0 Å². The van der Waals surface area contributed by atoms with Crippen molar-refractivity contribution < 1.29 is 0 Å². The molecule has 0 saturated carbocycles. The standard InChI is InChI=1S/C17H31N3/c1-5-20(6-2)13-15-7-9-17(10-8-15)19-12-16(18)11-14(3)4/h7-10,14,16,19H,5-6,11-13,18H2,1-4H3. The lowest BCUT2D eigenvalue weighted by atomic mass is 10.0. The fourth-order valence-corrected chi connectivity index (χ4v) is 2.37. The molecule has 3 N–H and O–H groups in total. The van der Waals surface area contributed by atoms with E-state index in [2.05, 4.69) is 62.2 Å². The molecule has 20 heavy (non-hydrogen) atoms. The molecule has 0 spiro atoms. The minimum Gasteiger partial charge on any atom is -0.383 e. The molecule has 1 atom stereocenters. The molecule has 0 heterocycles. The van der Waals surface area contributed by atoms with Gasteiger partial charge in [0.2, 0.25) is 0 Å². The third kappa shape index (κ3) is 6.40. The molecule has 0 aliphatic carbocycles. The molecule has 114 valence electrons. The van der Waals surface area contributed by atoms with Crippen molar-refractivity contribution in [1.29, 1.82) is 0 Å². The maximum atomic E-state index is 6.09. The van der Waals surface area contributed by atoms with Gasteiger partial charge in [-0.15, -0.1) is 0 Å². The van der Waals surface area contributed by atoms with Crippen LogP contribution in [-0.2, 0) is 6.54 Å². The van der Waals surface area contributed by atoms with E-state index in [1.165, 1.54) is 5.56 Å². The van der Waals surface area contributed by atoms with Crippen LogP contribution in [0.2, 0.25) is 0 Å². The van der Waals surface area contributed by atoms with E-state index in [1.807, 2.05) is 0 Å². The van der Waals surface area contributed by atoms with Gasteiger partial charge in [0, 0.05) is 24.8 Å². The molecule has 0 bridgehead atoms. The lowest BCUT2D eigenvalue weighted by Crippen LogP contribution is -2.30. The summed E-state index contributed by atoms with van der Waals surface area (Å²) in [6.07, 6.45) is 1.06. The fraction of sp³-hybridized carbons (Fsp3) is 0.647. The Morgan fingerprint density at radius 3 is 2.20 bits per heavy atom. The number of benzene rings is 1. The summed E-state index contributed by atoms with van der Waals surface area (Å²) in [5.41, 5.74) is 8.61. The summed E-state index contributed by atoms with van der Waals surface area (Å²) in [7, 11) is 0. The van der Waals surface area contributed by atoms with Crippen LogP contribution in [0.15, 0.2) is 24.3 Å². The molecule has 1 aromatic carbocycles. The van der Waals surface area contributed by atoms with Gasteiger partial charge in [0.05, 0.1) is 0 Å². The molecule has 3 nitrogen and oxygen atoms in total. The predicted molar refractivity (Wildman–Crippen MR) is 89.0 cm³/mol. The monoisotopic (exact) mass is 277 g/mol. The quantitative estimate of drug-likeness (QED) is 0.727. The fourth-order valence-electron chi connectivity index (χ4n) is 2.37. The molecule has 0 aliphatic rings. The summed E-state index contributed by atoms with van der Waals surface area (Å²) in [6.45, 7) is 12.9. The van der Waals surface area contributed by atoms with Gasteiger partial charge in [0.25, 0.3) is 0 Å². The molecular formula is C17H31N3. The van der Waals surface area contributed by atoms with Crippen LogP contribution in [0.4, 0.5) is 5.69 Å². The highest BCUT2D eigenvalue weighted by Gasteiger charge is 2.05. The van der Waals surface area contributed by atoms with Crippen molar-refractivity contribution in [1.82, 2.24) is 4.90 Å². The Morgan fingerprint density at radius 1 is 1.10 bits per heavy atom. The average Bonchev–Trinajstić information content (AvgIpc) is 2.43. The van der Waals surface area contributed by atoms with Crippen molar-refractivity contribution in [3.63, 3.8) is 0 Å². The van der Waals surface area contributed by atoms with E-state index in [9.17, 15) is 0 Å².